The quantitative estimate of drug-likeness (QED) is 0.194. The van der Waals surface area contributed by atoms with E-state index >= 15 is 0 Å². The van der Waals surface area contributed by atoms with Crippen molar-refractivity contribution in [2.45, 2.75) is 25.4 Å². The summed E-state index contributed by atoms with van der Waals surface area (Å²) in [5.74, 6) is -2.90. The van der Waals surface area contributed by atoms with Crippen LogP contribution in [-0.2, 0) is 13.6 Å². The second-order valence-corrected chi connectivity index (χ2v) is 12.2. The van der Waals surface area contributed by atoms with Gasteiger partial charge in [-0.05, 0) is 86.6 Å². The average Bonchev–Trinajstić information content (AvgIpc) is 3.10. The maximum atomic E-state index is 14.9. The summed E-state index contributed by atoms with van der Waals surface area (Å²) in [7, 11) is 3.47. The SMILES string of the molecule is CN1CCC(Nc2ccc(Nc3ncc4cc(/C=C/CNC(=O)c5cn(C)c(=O)n(Cc6ccc(F)c(F)c6)c5=O)ccc4n3)cc2F)CC1. The number of hydrogen-bond acceptors (Lipinski definition) is 8. The van der Waals surface area contributed by atoms with Crippen LogP contribution < -0.4 is 27.2 Å². The molecule has 1 aliphatic rings. The smallest absolute Gasteiger partial charge is 0.331 e. The summed E-state index contributed by atoms with van der Waals surface area (Å²) in [5, 5.41) is 9.76. The van der Waals surface area contributed by atoms with Crippen molar-refractivity contribution in [1.29, 1.82) is 0 Å². The Bertz CT molecular complexity index is 2210. The Labute approximate surface area is 285 Å². The topological polar surface area (TPSA) is 126 Å². The minimum atomic E-state index is -1.11. The molecular weight excluding hydrogens is 649 g/mol. The van der Waals surface area contributed by atoms with Gasteiger partial charge in [0.15, 0.2) is 11.6 Å². The first-order chi connectivity index (χ1) is 24.0. The molecule has 1 fully saturated rings. The lowest BCUT2D eigenvalue weighted by atomic mass is 10.1. The molecule has 0 saturated carbocycles. The third-order valence-corrected chi connectivity index (χ3v) is 8.50. The van der Waals surface area contributed by atoms with Crippen LogP contribution in [0.15, 0.2) is 82.7 Å². The van der Waals surface area contributed by atoms with Crippen LogP contribution in [0.1, 0.15) is 34.3 Å². The number of nitrogens with zero attached hydrogens (tertiary/aromatic N) is 5. The molecule has 258 valence electrons. The molecule has 3 aromatic carbocycles. The van der Waals surface area contributed by atoms with Gasteiger partial charge < -0.3 is 25.4 Å². The van der Waals surface area contributed by atoms with Gasteiger partial charge in [-0.2, -0.15) is 0 Å². The van der Waals surface area contributed by atoms with E-state index in [1.165, 1.54) is 19.2 Å². The van der Waals surface area contributed by atoms with Crippen LogP contribution in [0.25, 0.3) is 17.0 Å². The van der Waals surface area contributed by atoms with E-state index in [1.807, 2.05) is 18.2 Å². The second kappa shape index (κ2) is 14.8. The van der Waals surface area contributed by atoms with E-state index in [9.17, 15) is 27.6 Å². The fourth-order valence-electron chi connectivity index (χ4n) is 5.71. The number of fused-ring (bicyclic) bond motifs is 1. The van der Waals surface area contributed by atoms with E-state index in [2.05, 4.69) is 37.9 Å². The van der Waals surface area contributed by atoms with Crippen molar-refractivity contribution in [1.82, 2.24) is 29.3 Å². The number of hydrogen-bond donors (Lipinski definition) is 3. The third-order valence-electron chi connectivity index (χ3n) is 8.50. The second-order valence-electron chi connectivity index (χ2n) is 12.2. The van der Waals surface area contributed by atoms with E-state index < -0.39 is 28.8 Å². The highest BCUT2D eigenvalue weighted by Crippen LogP contribution is 2.24. The van der Waals surface area contributed by atoms with Crippen LogP contribution in [0.4, 0.5) is 30.5 Å². The van der Waals surface area contributed by atoms with Crippen molar-refractivity contribution in [2.75, 3.05) is 37.3 Å². The number of aryl methyl sites for hydroxylation is 1. The van der Waals surface area contributed by atoms with Crippen LogP contribution >= 0.6 is 0 Å². The van der Waals surface area contributed by atoms with E-state index in [4.69, 9.17) is 0 Å². The molecule has 50 heavy (non-hydrogen) atoms. The molecule has 0 aliphatic carbocycles. The highest BCUT2D eigenvalue weighted by atomic mass is 19.2. The lowest BCUT2D eigenvalue weighted by Crippen LogP contribution is -2.43. The summed E-state index contributed by atoms with van der Waals surface area (Å²) in [6.45, 7) is 1.69. The van der Waals surface area contributed by atoms with Crippen LogP contribution in [0.3, 0.4) is 0 Å². The van der Waals surface area contributed by atoms with Gasteiger partial charge in [0.25, 0.3) is 11.5 Å². The molecule has 1 aliphatic heterocycles. The number of benzene rings is 3. The van der Waals surface area contributed by atoms with Crippen LogP contribution in [-0.4, -0.2) is 62.6 Å². The number of amides is 1. The molecule has 0 spiro atoms. The number of aromatic nitrogens is 4. The van der Waals surface area contributed by atoms with E-state index in [1.54, 1.807) is 30.5 Å². The number of likely N-dealkylation sites (tertiary alicyclic amines) is 1. The van der Waals surface area contributed by atoms with Gasteiger partial charge in [0.2, 0.25) is 5.95 Å². The summed E-state index contributed by atoms with van der Waals surface area (Å²) in [5.41, 5.74) is 0.814. The molecule has 1 amide bonds. The first-order valence-corrected chi connectivity index (χ1v) is 16.0. The summed E-state index contributed by atoms with van der Waals surface area (Å²) < 4.78 is 43.7. The molecule has 2 aromatic heterocycles. The average molecular weight is 685 g/mol. The molecule has 1 saturated heterocycles. The highest BCUT2D eigenvalue weighted by Gasteiger charge is 2.19. The summed E-state index contributed by atoms with van der Waals surface area (Å²) in [4.78, 5) is 49.7. The zero-order valence-electron chi connectivity index (χ0n) is 27.4. The highest BCUT2D eigenvalue weighted by molar-refractivity contribution is 5.93. The molecule has 5 aromatic rings. The zero-order valence-corrected chi connectivity index (χ0v) is 27.4. The standard InChI is InChI=1S/C36H35F3N8O3/c1-45-14-11-25(12-15-45)42-32-10-7-26(18-30(32)39)43-35-41-19-24-16-22(6-9-31(24)44-35)4-3-13-40-33(48)27-21-46(2)36(50)47(34(27)49)20-23-5-8-28(37)29(38)17-23/h3-10,16-19,21,25,42H,11-15,20H2,1-2H3,(H,40,48)(H,41,43,44)/b4-3+. The van der Waals surface area contributed by atoms with E-state index in [0.29, 0.717) is 22.8 Å². The molecule has 0 radical (unpaired) electrons. The Morgan fingerprint density at radius 1 is 0.960 bits per heavy atom. The van der Waals surface area contributed by atoms with Gasteiger partial charge in [-0.3, -0.25) is 14.2 Å². The van der Waals surface area contributed by atoms with Gasteiger partial charge in [-0.1, -0.05) is 24.3 Å². The number of nitrogens with one attached hydrogen (secondary N) is 3. The number of halogens is 3. The largest absolute Gasteiger partial charge is 0.380 e. The fraction of sp³-hybridized carbons (Fsp3) is 0.250. The van der Waals surface area contributed by atoms with Crippen LogP contribution in [0.2, 0.25) is 0 Å². The first kappa shape index (κ1) is 34.1. The van der Waals surface area contributed by atoms with Gasteiger partial charge >= 0.3 is 5.69 Å². The van der Waals surface area contributed by atoms with Crippen molar-refractivity contribution in [3.05, 3.63) is 128 Å². The predicted octanol–water partition coefficient (Wildman–Crippen LogP) is 4.65. The lowest BCUT2D eigenvalue weighted by molar-refractivity contribution is 0.0954. The number of carbonyl (C=O) groups is 1. The Morgan fingerprint density at radius 2 is 1.76 bits per heavy atom. The van der Waals surface area contributed by atoms with Gasteiger partial charge in [-0.15, -0.1) is 0 Å². The van der Waals surface area contributed by atoms with Gasteiger partial charge in [0, 0.05) is 43.1 Å². The van der Waals surface area contributed by atoms with Crippen molar-refractivity contribution in [2.24, 2.45) is 7.05 Å². The van der Waals surface area contributed by atoms with Crippen LogP contribution in [0.5, 0.6) is 0 Å². The number of anilines is 3. The summed E-state index contributed by atoms with van der Waals surface area (Å²) in [6, 6.07) is 13.7. The van der Waals surface area contributed by atoms with Gasteiger partial charge in [0.05, 0.1) is 17.7 Å². The molecule has 0 unspecified atom stereocenters. The minimum Gasteiger partial charge on any atom is -0.380 e. The summed E-state index contributed by atoms with van der Waals surface area (Å²) in [6.07, 6.45) is 8.18. The van der Waals surface area contributed by atoms with Gasteiger partial charge in [-0.25, -0.2) is 27.9 Å². The zero-order chi connectivity index (χ0) is 35.4. The predicted molar refractivity (Wildman–Crippen MR) is 186 cm³/mol. The molecule has 3 heterocycles. The van der Waals surface area contributed by atoms with Crippen molar-refractivity contribution in [3.63, 3.8) is 0 Å². The maximum Gasteiger partial charge on any atom is 0.331 e. The normalized spacial score (nSPS) is 13.9. The molecule has 6 rings (SSSR count). The first-order valence-electron chi connectivity index (χ1n) is 16.0. The van der Waals surface area contributed by atoms with Crippen molar-refractivity contribution < 1.29 is 18.0 Å². The number of carbonyl (C=O) groups excluding carboxylic acids is 1. The van der Waals surface area contributed by atoms with Crippen molar-refractivity contribution in [3.8, 4) is 0 Å². The number of rotatable bonds is 10. The Kier molecular flexibility index (Phi) is 10.1. The monoisotopic (exact) mass is 684 g/mol. The Hall–Kier alpha value is -5.76. The summed E-state index contributed by atoms with van der Waals surface area (Å²) >= 11 is 0. The molecular formula is C36H35F3N8O3. The fourth-order valence-corrected chi connectivity index (χ4v) is 5.71. The third kappa shape index (κ3) is 7.92. The maximum absolute atomic E-state index is 14.9. The molecule has 0 atom stereocenters. The van der Waals surface area contributed by atoms with Crippen molar-refractivity contribution >= 4 is 40.2 Å². The van der Waals surface area contributed by atoms with E-state index in [-0.39, 0.29) is 36.1 Å². The molecule has 11 nitrogen and oxygen atoms in total. The van der Waals surface area contributed by atoms with E-state index in [0.717, 1.165) is 64.3 Å². The molecule has 0 bridgehead atoms. The minimum absolute atomic E-state index is 0.0740. The number of piperidine rings is 1. The Balaban J connectivity index is 1.06. The van der Waals surface area contributed by atoms with Crippen LogP contribution in [0, 0.1) is 17.5 Å². The molecule has 14 heteroatoms. The Morgan fingerprint density at radius 3 is 2.52 bits per heavy atom. The lowest BCUT2D eigenvalue weighted by Gasteiger charge is -2.30. The molecule has 3 N–H and O–H groups in total. The van der Waals surface area contributed by atoms with Gasteiger partial charge in [0.1, 0.15) is 11.4 Å².